The van der Waals surface area contributed by atoms with Crippen molar-refractivity contribution in [3.8, 4) is 17.2 Å². The lowest BCUT2D eigenvalue weighted by molar-refractivity contribution is -0.352. The highest BCUT2D eigenvalue weighted by molar-refractivity contribution is 5.36. The van der Waals surface area contributed by atoms with Crippen LogP contribution in [0.1, 0.15) is 30.9 Å². The molecule has 0 saturated carbocycles. The van der Waals surface area contributed by atoms with Crippen LogP contribution in [0, 0.1) is 40.8 Å². The van der Waals surface area contributed by atoms with E-state index in [1.165, 1.54) is 0 Å². The van der Waals surface area contributed by atoms with Gasteiger partial charge in [-0.25, -0.2) is 26.3 Å². The van der Waals surface area contributed by atoms with Gasteiger partial charge in [0.25, 0.3) is 6.29 Å². The first-order valence-electron chi connectivity index (χ1n) is 12.8. The Morgan fingerprint density at radius 3 is 1.64 bits per heavy atom. The van der Waals surface area contributed by atoms with E-state index >= 15 is 0 Å². The molecule has 1 saturated heterocycles. The Hall–Kier alpha value is -3.86. The minimum Gasteiger partial charge on any atom is -0.429 e. The van der Waals surface area contributed by atoms with E-state index in [2.05, 4.69) is 14.2 Å². The van der Waals surface area contributed by atoms with Gasteiger partial charge in [-0.15, -0.1) is 0 Å². The van der Waals surface area contributed by atoms with Crippen LogP contribution in [0.25, 0.3) is 0 Å². The highest BCUT2D eigenvalue weighted by Gasteiger charge is 2.48. The molecule has 0 bridgehead atoms. The van der Waals surface area contributed by atoms with E-state index < -0.39 is 87.9 Å². The van der Waals surface area contributed by atoms with Crippen molar-refractivity contribution in [1.29, 1.82) is 0 Å². The normalized spacial score (nSPS) is 17.7. The van der Waals surface area contributed by atoms with Gasteiger partial charge in [0.05, 0.1) is 13.2 Å². The Labute approximate surface area is 246 Å². The Balaban J connectivity index is 1.48. The molecular weight excluding hydrogens is 644 g/mol. The molecule has 45 heavy (non-hydrogen) atoms. The third-order valence-corrected chi connectivity index (χ3v) is 6.20. The quantitative estimate of drug-likeness (QED) is 0.152. The van der Waals surface area contributed by atoms with Crippen molar-refractivity contribution in [2.24, 2.45) is 5.92 Å². The van der Waals surface area contributed by atoms with Crippen LogP contribution >= 0.6 is 0 Å². The highest BCUT2D eigenvalue weighted by atomic mass is 19.3. The van der Waals surface area contributed by atoms with Gasteiger partial charge in [0.1, 0.15) is 45.8 Å². The van der Waals surface area contributed by atoms with Crippen molar-refractivity contribution in [3.05, 3.63) is 88.5 Å². The Bertz CT molecular complexity index is 1480. The van der Waals surface area contributed by atoms with Crippen molar-refractivity contribution in [1.82, 2.24) is 0 Å². The molecule has 0 spiro atoms. The number of ether oxygens (including phenoxy) is 5. The smallest absolute Gasteiger partial charge is 0.429 e. The van der Waals surface area contributed by atoms with E-state index in [4.69, 9.17) is 9.47 Å². The number of rotatable bonds is 11. The van der Waals surface area contributed by atoms with Crippen LogP contribution in [-0.2, 0) is 21.7 Å². The predicted molar refractivity (Wildman–Crippen MR) is 128 cm³/mol. The summed E-state index contributed by atoms with van der Waals surface area (Å²) in [4.78, 5) is 0. The Morgan fingerprint density at radius 2 is 1.13 bits per heavy atom. The first-order chi connectivity index (χ1) is 20.9. The third-order valence-electron chi connectivity index (χ3n) is 6.20. The Kier molecular flexibility index (Phi) is 9.73. The second-order valence-corrected chi connectivity index (χ2v) is 9.66. The molecule has 0 radical (unpaired) electrons. The fourth-order valence-corrected chi connectivity index (χ4v) is 4.19. The molecule has 17 heteroatoms. The zero-order chi connectivity index (χ0) is 33.3. The van der Waals surface area contributed by atoms with Crippen molar-refractivity contribution in [2.75, 3.05) is 13.2 Å². The van der Waals surface area contributed by atoms with E-state index in [-0.39, 0.29) is 55.5 Å². The molecule has 4 rings (SSSR count). The van der Waals surface area contributed by atoms with E-state index in [0.29, 0.717) is 12.5 Å². The lowest BCUT2D eigenvalue weighted by atomic mass is 10.1. The number of halogens is 12. The van der Waals surface area contributed by atoms with Crippen molar-refractivity contribution < 1.29 is 76.4 Å². The molecule has 1 aliphatic rings. The van der Waals surface area contributed by atoms with E-state index in [9.17, 15) is 52.7 Å². The molecule has 1 aliphatic heterocycles. The van der Waals surface area contributed by atoms with Crippen molar-refractivity contribution >= 4 is 0 Å². The van der Waals surface area contributed by atoms with Gasteiger partial charge < -0.3 is 23.7 Å². The zero-order valence-electron chi connectivity index (χ0n) is 22.6. The largest absolute Gasteiger partial charge is 0.451 e. The van der Waals surface area contributed by atoms with Gasteiger partial charge in [-0.3, -0.25) is 0 Å². The van der Waals surface area contributed by atoms with Crippen LogP contribution < -0.4 is 14.2 Å². The monoisotopic (exact) mass is 664 g/mol. The second kappa shape index (κ2) is 12.9. The van der Waals surface area contributed by atoms with Crippen molar-refractivity contribution in [3.63, 3.8) is 0 Å². The maximum atomic E-state index is 14.7. The highest BCUT2D eigenvalue weighted by Crippen LogP contribution is 2.40. The second-order valence-electron chi connectivity index (χ2n) is 9.66. The maximum absolute atomic E-state index is 14.7. The first-order valence-corrected chi connectivity index (χ1v) is 12.8. The number of hydrogen-bond acceptors (Lipinski definition) is 5. The molecular formula is C28H20F12O5. The van der Waals surface area contributed by atoms with Gasteiger partial charge in [-0.05, 0) is 18.6 Å². The first kappa shape index (κ1) is 34.0. The van der Waals surface area contributed by atoms with Crippen LogP contribution in [0.5, 0.6) is 17.2 Å². The molecule has 0 amide bonds. The van der Waals surface area contributed by atoms with Crippen LogP contribution in [0.3, 0.4) is 0 Å². The number of alkyl halides is 6. The standard InChI is InChI=1S/C28H20F12O5/c1-2-3-13-11-41-25(42-12-13)28(39,40)43-14-4-5-17(18(29)6-14)26(35,36)44-15-7-19(30)23(20(31)8-15)27(37,38)45-16-9-21(32)24(34)22(33)10-16/h4-10,13,25H,2-3,11-12H2,1H3. The van der Waals surface area contributed by atoms with Gasteiger partial charge in [0, 0.05) is 36.2 Å². The Morgan fingerprint density at radius 1 is 0.644 bits per heavy atom. The lowest BCUT2D eigenvalue weighted by Gasteiger charge is -2.33. The van der Waals surface area contributed by atoms with Gasteiger partial charge in [-0.2, -0.15) is 26.3 Å². The maximum Gasteiger partial charge on any atom is 0.451 e. The average molecular weight is 664 g/mol. The minimum atomic E-state index is -5.03. The third kappa shape index (κ3) is 7.69. The fraction of sp³-hybridized carbons (Fsp3) is 0.357. The summed E-state index contributed by atoms with van der Waals surface area (Å²) in [7, 11) is 0. The molecule has 3 aromatic carbocycles. The van der Waals surface area contributed by atoms with Crippen LogP contribution in [0.2, 0.25) is 0 Å². The molecule has 5 nitrogen and oxygen atoms in total. The van der Waals surface area contributed by atoms with E-state index in [1.807, 2.05) is 6.92 Å². The molecule has 1 fully saturated rings. The fourth-order valence-electron chi connectivity index (χ4n) is 4.19. The molecule has 1 heterocycles. The summed E-state index contributed by atoms with van der Waals surface area (Å²) in [6, 6.07) is 0.451. The summed E-state index contributed by atoms with van der Waals surface area (Å²) < 4.78 is 193. The summed E-state index contributed by atoms with van der Waals surface area (Å²) in [6.07, 6.45) is -14.7. The van der Waals surface area contributed by atoms with Crippen LogP contribution in [0.4, 0.5) is 52.7 Å². The summed E-state index contributed by atoms with van der Waals surface area (Å²) in [6.45, 7) is 1.72. The molecule has 0 aliphatic carbocycles. The van der Waals surface area contributed by atoms with Gasteiger partial charge in [-0.1, -0.05) is 13.3 Å². The number of benzene rings is 3. The summed E-state index contributed by atoms with van der Waals surface area (Å²) in [5, 5.41) is 0. The lowest BCUT2D eigenvalue weighted by Crippen LogP contribution is -2.47. The summed E-state index contributed by atoms with van der Waals surface area (Å²) in [5.74, 6) is -16.3. The topological polar surface area (TPSA) is 46.2 Å². The number of hydrogen-bond donors (Lipinski definition) is 0. The molecule has 246 valence electrons. The summed E-state index contributed by atoms with van der Waals surface area (Å²) >= 11 is 0. The van der Waals surface area contributed by atoms with Gasteiger partial charge in [0.15, 0.2) is 17.5 Å². The van der Waals surface area contributed by atoms with E-state index in [0.717, 1.165) is 6.42 Å². The van der Waals surface area contributed by atoms with Crippen LogP contribution in [0.15, 0.2) is 42.5 Å². The average Bonchev–Trinajstić information content (AvgIpc) is 2.90. The SMILES string of the molecule is CCCC1COC(C(F)(F)Oc2ccc(C(F)(F)Oc3cc(F)c(C(F)(F)Oc4cc(F)c(F)c(F)c4)c(F)c3)c(F)c2)OC1. The molecule has 0 N–H and O–H groups in total. The zero-order valence-corrected chi connectivity index (χ0v) is 22.6. The minimum absolute atomic E-state index is 0.0493. The molecule has 0 unspecified atom stereocenters. The van der Waals surface area contributed by atoms with Crippen LogP contribution in [-0.4, -0.2) is 25.6 Å². The van der Waals surface area contributed by atoms with Crippen molar-refractivity contribution in [2.45, 2.75) is 44.4 Å². The van der Waals surface area contributed by atoms with Gasteiger partial charge >= 0.3 is 18.3 Å². The molecule has 0 aromatic heterocycles. The summed E-state index contributed by atoms with van der Waals surface area (Å²) in [5.41, 5.74) is -3.85. The predicted octanol–water partition coefficient (Wildman–Crippen LogP) is 8.54. The van der Waals surface area contributed by atoms with Gasteiger partial charge in [0.2, 0.25) is 0 Å². The molecule has 0 atom stereocenters. The molecule has 3 aromatic rings. The van der Waals surface area contributed by atoms with E-state index in [1.54, 1.807) is 0 Å².